The van der Waals surface area contributed by atoms with Crippen LogP contribution in [0.25, 0.3) is 5.69 Å². The summed E-state index contributed by atoms with van der Waals surface area (Å²) in [5, 5.41) is 10.1. The Bertz CT molecular complexity index is 891. The summed E-state index contributed by atoms with van der Waals surface area (Å²) in [5.74, 6) is 0. The van der Waals surface area contributed by atoms with Crippen LogP contribution in [-0.4, -0.2) is 40.8 Å². The van der Waals surface area contributed by atoms with Crippen LogP contribution in [0.4, 0.5) is 10.5 Å². The Hall–Kier alpha value is -3.12. The van der Waals surface area contributed by atoms with Crippen molar-refractivity contribution in [3.63, 3.8) is 0 Å². The predicted molar refractivity (Wildman–Crippen MR) is 113 cm³/mol. The molecule has 2 aromatic carbocycles. The zero-order valence-electron chi connectivity index (χ0n) is 16.4. The van der Waals surface area contributed by atoms with Gasteiger partial charge < -0.3 is 15.5 Å². The summed E-state index contributed by atoms with van der Waals surface area (Å²) in [4.78, 5) is 14.4. The number of rotatable bonds is 8. The summed E-state index contributed by atoms with van der Waals surface area (Å²) in [5.41, 5.74) is 4.00. The Morgan fingerprint density at radius 2 is 1.93 bits per heavy atom. The number of anilines is 1. The third kappa shape index (κ3) is 5.69. The third-order valence-electron chi connectivity index (χ3n) is 4.48. The predicted octanol–water partition coefficient (Wildman–Crippen LogP) is 3.82. The van der Waals surface area contributed by atoms with E-state index in [1.165, 1.54) is 5.56 Å². The average molecular weight is 377 g/mol. The van der Waals surface area contributed by atoms with Crippen molar-refractivity contribution >= 4 is 11.7 Å². The summed E-state index contributed by atoms with van der Waals surface area (Å²) in [7, 11) is 2.09. The highest BCUT2D eigenvalue weighted by atomic mass is 16.2. The summed E-state index contributed by atoms with van der Waals surface area (Å²) in [6, 6.07) is 19.8. The molecule has 1 heterocycles. The molecule has 0 spiro atoms. The van der Waals surface area contributed by atoms with Crippen LogP contribution in [0.1, 0.15) is 17.7 Å². The smallest absolute Gasteiger partial charge is 0.319 e. The minimum Gasteiger partial charge on any atom is -0.338 e. The molecule has 6 nitrogen and oxygen atoms in total. The Kier molecular flexibility index (Phi) is 6.81. The molecule has 0 bridgehead atoms. The van der Waals surface area contributed by atoms with E-state index in [1.54, 1.807) is 6.20 Å². The lowest BCUT2D eigenvalue weighted by atomic mass is 10.2. The first kappa shape index (κ1) is 19.6. The lowest BCUT2D eigenvalue weighted by Crippen LogP contribution is -2.31. The topological polar surface area (TPSA) is 62.2 Å². The maximum atomic E-state index is 12.2. The van der Waals surface area contributed by atoms with Crippen molar-refractivity contribution in [2.24, 2.45) is 0 Å². The first-order valence-corrected chi connectivity index (χ1v) is 9.50. The van der Waals surface area contributed by atoms with Crippen molar-refractivity contribution in [2.45, 2.75) is 19.9 Å². The molecule has 0 aliphatic carbocycles. The molecular formula is C22H27N5O. The number of amides is 2. The molecule has 0 atom stereocenters. The highest BCUT2D eigenvalue weighted by Gasteiger charge is 2.05. The fraction of sp³-hybridized carbons (Fsp3) is 0.273. The normalized spacial score (nSPS) is 10.8. The van der Waals surface area contributed by atoms with Gasteiger partial charge in [0, 0.05) is 30.7 Å². The van der Waals surface area contributed by atoms with Gasteiger partial charge in [0.25, 0.3) is 0 Å². The zero-order chi connectivity index (χ0) is 19.8. The van der Waals surface area contributed by atoms with E-state index in [-0.39, 0.29) is 6.03 Å². The number of nitrogens with one attached hydrogen (secondary N) is 2. The van der Waals surface area contributed by atoms with Crippen molar-refractivity contribution < 1.29 is 4.79 Å². The summed E-state index contributed by atoms with van der Waals surface area (Å²) >= 11 is 0. The molecule has 3 aromatic rings. The van der Waals surface area contributed by atoms with Crippen LogP contribution in [0.15, 0.2) is 66.9 Å². The standard InChI is InChI=1S/C22H27N5O/c1-18-12-14-24-27(18)21-11-6-10-20(16-21)25-22(28)23-13-7-15-26(2)17-19-8-4-3-5-9-19/h3-6,8-12,14,16H,7,13,15,17H2,1-2H3,(H2,23,25,28). The molecule has 146 valence electrons. The first-order chi connectivity index (χ1) is 13.6. The molecule has 0 aliphatic heterocycles. The number of hydrogen-bond donors (Lipinski definition) is 2. The van der Waals surface area contributed by atoms with Crippen LogP contribution in [-0.2, 0) is 6.54 Å². The van der Waals surface area contributed by atoms with Crippen LogP contribution >= 0.6 is 0 Å². The van der Waals surface area contributed by atoms with E-state index in [9.17, 15) is 4.79 Å². The van der Waals surface area contributed by atoms with E-state index < -0.39 is 0 Å². The number of aromatic nitrogens is 2. The zero-order valence-corrected chi connectivity index (χ0v) is 16.4. The van der Waals surface area contributed by atoms with E-state index in [2.05, 4.69) is 51.9 Å². The number of hydrogen-bond acceptors (Lipinski definition) is 3. The largest absolute Gasteiger partial charge is 0.338 e. The van der Waals surface area contributed by atoms with E-state index in [1.807, 2.05) is 48.0 Å². The molecule has 0 unspecified atom stereocenters. The number of benzene rings is 2. The van der Waals surface area contributed by atoms with Gasteiger partial charge in [0.15, 0.2) is 0 Å². The molecule has 3 rings (SSSR count). The number of urea groups is 1. The van der Waals surface area contributed by atoms with Crippen LogP contribution < -0.4 is 10.6 Å². The monoisotopic (exact) mass is 377 g/mol. The SMILES string of the molecule is Cc1ccnn1-c1cccc(NC(=O)NCCCN(C)Cc2ccccc2)c1. The van der Waals surface area contributed by atoms with Crippen molar-refractivity contribution in [2.75, 3.05) is 25.5 Å². The molecule has 2 N–H and O–H groups in total. The van der Waals surface area contributed by atoms with Crippen LogP contribution in [0, 0.1) is 6.92 Å². The van der Waals surface area contributed by atoms with Crippen molar-refractivity contribution in [1.82, 2.24) is 20.0 Å². The van der Waals surface area contributed by atoms with Crippen molar-refractivity contribution in [3.8, 4) is 5.69 Å². The van der Waals surface area contributed by atoms with Crippen LogP contribution in [0.5, 0.6) is 0 Å². The Morgan fingerprint density at radius 1 is 1.11 bits per heavy atom. The van der Waals surface area contributed by atoms with E-state index in [4.69, 9.17) is 0 Å². The summed E-state index contributed by atoms with van der Waals surface area (Å²) < 4.78 is 1.84. The molecular weight excluding hydrogens is 350 g/mol. The molecule has 6 heteroatoms. The van der Waals surface area contributed by atoms with Gasteiger partial charge in [-0.3, -0.25) is 0 Å². The minimum absolute atomic E-state index is 0.194. The van der Waals surface area contributed by atoms with Gasteiger partial charge in [0.2, 0.25) is 0 Å². The fourth-order valence-electron chi connectivity index (χ4n) is 3.06. The molecule has 1 aromatic heterocycles. The second-order valence-corrected chi connectivity index (χ2v) is 6.89. The lowest BCUT2D eigenvalue weighted by molar-refractivity contribution is 0.250. The van der Waals surface area contributed by atoms with E-state index in [0.717, 1.165) is 36.6 Å². The van der Waals surface area contributed by atoms with Crippen LogP contribution in [0.2, 0.25) is 0 Å². The quantitative estimate of drug-likeness (QED) is 0.587. The van der Waals surface area contributed by atoms with Crippen LogP contribution in [0.3, 0.4) is 0 Å². The highest BCUT2D eigenvalue weighted by Crippen LogP contribution is 2.15. The van der Waals surface area contributed by atoms with Gasteiger partial charge in [-0.25, -0.2) is 9.48 Å². The summed E-state index contributed by atoms with van der Waals surface area (Å²) in [6.07, 6.45) is 2.65. The van der Waals surface area contributed by atoms with Gasteiger partial charge in [0.05, 0.1) is 5.69 Å². The second kappa shape index (κ2) is 9.71. The maximum Gasteiger partial charge on any atom is 0.319 e. The van der Waals surface area contributed by atoms with Gasteiger partial charge in [0.1, 0.15) is 0 Å². The lowest BCUT2D eigenvalue weighted by Gasteiger charge is -2.17. The molecule has 0 saturated heterocycles. The Morgan fingerprint density at radius 3 is 2.68 bits per heavy atom. The molecule has 28 heavy (non-hydrogen) atoms. The number of carbonyl (C=O) groups excluding carboxylic acids is 1. The molecule has 0 aliphatic rings. The minimum atomic E-state index is -0.194. The van der Waals surface area contributed by atoms with Gasteiger partial charge in [-0.15, -0.1) is 0 Å². The van der Waals surface area contributed by atoms with Crippen molar-refractivity contribution in [1.29, 1.82) is 0 Å². The number of nitrogens with zero attached hydrogens (tertiary/aromatic N) is 3. The van der Waals surface area contributed by atoms with Gasteiger partial charge >= 0.3 is 6.03 Å². The van der Waals surface area contributed by atoms with Crippen molar-refractivity contribution in [3.05, 3.63) is 78.1 Å². The van der Waals surface area contributed by atoms with E-state index >= 15 is 0 Å². The second-order valence-electron chi connectivity index (χ2n) is 6.89. The third-order valence-corrected chi connectivity index (χ3v) is 4.48. The Balaban J connectivity index is 1.40. The average Bonchev–Trinajstić information content (AvgIpc) is 3.12. The first-order valence-electron chi connectivity index (χ1n) is 9.50. The molecule has 2 amide bonds. The summed E-state index contributed by atoms with van der Waals surface area (Å²) in [6.45, 7) is 4.45. The van der Waals surface area contributed by atoms with E-state index in [0.29, 0.717) is 6.54 Å². The molecule has 0 radical (unpaired) electrons. The van der Waals surface area contributed by atoms with Gasteiger partial charge in [-0.1, -0.05) is 36.4 Å². The van der Waals surface area contributed by atoms with Gasteiger partial charge in [-0.2, -0.15) is 5.10 Å². The maximum absolute atomic E-state index is 12.2. The highest BCUT2D eigenvalue weighted by molar-refractivity contribution is 5.89. The number of aryl methyl sites for hydroxylation is 1. The number of carbonyl (C=O) groups is 1. The molecule has 0 saturated carbocycles. The van der Waals surface area contributed by atoms with Gasteiger partial charge in [-0.05, 0) is 56.8 Å². The fourth-order valence-corrected chi connectivity index (χ4v) is 3.06. The Labute approximate surface area is 166 Å². The molecule has 0 fully saturated rings.